The average Bonchev–Trinajstić information content (AvgIpc) is 1.87. The fourth-order valence-corrected chi connectivity index (χ4v) is 0.458. The second-order valence-electron chi connectivity index (χ2n) is 2.10. The van der Waals surface area contributed by atoms with E-state index < -0.39 is 6.09 Å². The van der Waals surface area contributed by atoms with Gasteiger partial charge in [-0.15, -0.1) is 0 Å². The van der Waals surface area contributed by atoms with E-state index in [1.807, 2.05) is 6.07 Å². The molecule has 4 nitrogen and oxygen atoms in total. The molecule has 10 heavy (non-hydrogen) atoms. The lowest BCUT2D eigenvalue weighted by Gasteiger charge is -2.18. The molecule has 0 saturated carbocycles. The van der Waals surface area contributed by atoms with E-state index in [9.17, 15) is 4.79 Å². The predicted molar refractivity (Wildman–Crippen MR) is 35.5 cm³/mol. The van der Waals surface area contributed by atoms with Crippen LogP contribution in [0.15, 0.2) is 0 Å². The minimum Gasteiger partial charge on any atom is -0.465 e. The minimum atomic E-state index is -0.997. The number of hydrogen-bond donors (Lipinski definition) is 1. The van der Waals surface area contributed by atoms with Crippen LogP contribution >= 0.6 is 0 Å². The molecular weight excluding hydrogens is 132 g/mol. The van der Waals surface area contributed by atoms with Crippen LogP contribution in [0.3, 0.4) is 0 Å². The van der Waals surface area contributed by atoms with E-state index in [4.69, 9.17) is 10.4 Å². The summed E-state index contributed by atoms with van der Waals surface area (Å²) in [4.78, 5) is 11.3. The Kier molecular flexibility index (Phi) is 3.26. The number of nitrogens with zero attached hydrogens (tertiary/aromatic N) is 2. The van der Waals surface area contributed by atoms with Crippen molar-refractivity contribution < 1.29 is 9.90 Å². The van der Waals surface area contributed by atoms with Gasteiger partial charge in [0.15, 0.2) is 0 Å². The molecule has 1 atom stereocenters. The Bertz CT molecular complexity index is 162. The van der Waals surface area contributed by atoms with Crippen LogP contribution in [-0.4, -0.2) is 29.2 Å². The number of carbonyl (C=O) groups is 1. The van der Waals surface area contributed by atoms with Gasteiger partial charge in [-0.1, -0.05) is 0 Å². The lowest BCUT2D eigenvalue weighted by atomic mass is 10.2. The second kappa shape index (κ2) is 3.72. The van der Waals surface area contributed by atoms with E-state index in [0.717, 1.165) is 4.90 Å². The van der Waals surface area contributed by atoms with Gasteiger partial charge in [0.1, 0.15) is 0 Å². The second-order valence-corrected chi connectivity index (χ2v) is 2.10. The normalized spacial score (nSPS) is 11.7. The van der Waals surface area contributed by atoms with E-state index in [2.05, 4.69) is 0 Å². The van der Waals surface area contributed by atoms with E-state index in [0.29, 0.717) is 0 Å². The third-order valence-electron chi connectivity index (χ3n) is 1.35. The van der Waals surface area contributed by atoms with Crippen LogP contribution in [-0.2, 0) is 0 Å². The third kappa shape index (κ3) is 2.35. The summed E-state index contributed by atoms with van der Waals surface area (Å²) in [5, 5.41) is 16.6. The highest BCUT2D eigenvalue weighted by molar-refractivity contribution is 5.64. The zero-order valence-corrected chi connectivity index (χ0v) is 6.03. The van der Waals surface area contributed by atoms with Crippen LogP contribution in [0, 0.1) is 11.3 Å². The van der Waals surface area contributed by atoms with Gasteiger partial charge >= 0.3 is 6.09 Å². The lowest BCUT2D eigenvalue weighted by molar-refractivity contribution is 0.142. The monoisotopic (exact) mass is 142 g/mol. The van der Waals surface area contributed by atoms with Crippen LogP contribution in [0.4, 0.5) is 4.79 Å². The SMILES string of the molecule is C[C@@H](CC#N)N(C)C(=O)O. The standard InChI is InChI=1S/C6H10N2O2/c1-5(3-4-7)8(2)6(9)10/h5H,3H2,1-2H3,(H,9,10)/t5-/m0/s1. The van der Waals surface area contributed by atoms with Crippen molar-refractivity contribution in [3.05, 3.63) is 0 Å². The smallest absolute Gasteiger partial charge is 0.407 e. The van der Waals surface area contributed by atoms with Crippen LogP contribution in [0.5, 0.6) is 0 Å². The molecule has 0 aromatic heterocycles. The molecule has 0 spiro atoms. The molecule has 0 radical (unpaired) electrons. The largest absolute Gasteiger partial charge is 0.465 e. The summed E-state index contributed by atoms with van der Waals surface area (Å²) in [6.07, 6.45) is -0.759. The molecule has 0 aliphatic heterocycles. The summed E-state index contributed by atoms with van der Waals surface area (Å²) in [5.41, 5.74) is 0. The molecule has 0 aliphatic rings. The molecule has 0 aromatic carbocycles. The maximum Gasteiger partial charge on any atom is 0.407 e. The van der Waals surface area contributed by atoms with Crippen molar-refractivity contribution in [3.63, 3.8) is 0 Å². The molecule has 1 N–H and O–H groups in total. The minimum absolute atomic E-state index is 0.220. The molecule has 0 unspecified atom stereocenters. The van der Waals surface area contributed by atoms with Crippen LogP contribution in [0.2, 0.25) is 0 Å². The van der Waals surface area contributed by atoms with Gasteiger partial charge < -0.3 is 10.0 Å². The third-order valence-corrected chi connectivity index (χ3v) is 1.35. The van der Waals surface area contributed by atoms with Gasteiger partial charge in [0.25, 0.3) is 0 Å². The molecule has 4 heteroatoms. The fraction of sp³-hybridized carbons (Fsp3) is 0.667. The van der Waals surface area contributed by atoms with Crippen molar-refractivity contribution in [2.75, 3.05) is 7.05 Å². The lowest BCUT2D eigenvalue weighted by Crippen LogP contribution is -2.33. The molecule has 0 aliphatic carbocycles. The molecule has 1 amide bonds. The summed E-state index contributed by atoms with van der Waals surface area (Å²) < 4.78 is 0. The molecule has 0 fully saturated rings. The topological polar surface area (TPSA) is 64.3 Å². The zero-order valence-electron chi connectivity index (χ0n) is 6.03. The van der Waals surface area contributed by atoms with Gasteiger partial charge in [-0.25, -0.2) is 4.79 Å². The maximum atomic E-state index is 10.2. The van der Waals surface area contributed by atoms with Gasteiger partial charge in [-0.3, -0.25) is 0 Å². The van der Waals surface area contributed by atoms with E-state index in [-0.39, 0.29) is 12.5 Å². The molecular formula is C6H10N2O2. The van der Waals surface area contributed by atoms with Crippen molar-refractivity contribution in [1.82, 2.24) is 4.90 Å². The van der Waals surface area contributed by atoms with Crippen molar-refractivity contribution >= 4 is 6.09 Å². The van der Waals surface area contributed by atoms with E-state index >= 15 is 0 Å². The Morgan fingerprint density at radius 1 is 1.90 bits per heavy atom. The summed E-state index contributed by atoms with van der Waals surface area (Å²) in [6, 6.07) is 1.68. The number of nitriles is 1. The van der Waals surface area contributed by atoms with E-state index in [1.54, 1.807) is 6.92 Å². The molecule has 0 bridgehead atoms. The Morgan fingerprint density at radius 2 is 2.40 bits per heavy atom. The highest BCUT2D eigenvalue weighted by Gasteiger charge is 2.12. The number of rotatable bonds is 2. The van der Waals surface area contributed by atoms with Gasteiger partial charge in [-0.05, 0) is 6.92 Å². The summed E-state index contributed by atoms with van der Waals surface area (Å²) in [5.74, 6) is 0. The Labute approximate surface area is 59.7 Å². The Balaban J connectivity index is 3.84. The molecule has 0 rings (SSSR count). The summed E-state index contributed by atoms with van der Waals surface area (Å²) in [7, 11) is 1.45. The highest BCUT2D eigenvalue weighted by atomic mass is 16.4. The van der Waals surface area contributed by atoms with Crippen molar-refractivity contribution in [2.45, 2.75) is 19.4 Å². The highest BCUT2D eigenvalue weighted by Crippen LogP contribution is 1.98. The van der Waals surface area contributed by atoms with Gasteiger partial charge in [0, 0.05) is 13.1 Å². The van der Waals surface area contributed by atoms with Crippen LogP contribution < -0.4 is 0 Å². The Morgan fingerprint density at radius 3 is 2.70 bits per heavy atom. The fourth-order valence-electron chi connectivity index (χ4n) is 0.458. The molecule has 0 saturated heterocycles. The maximum absolute atomic E-state index is 10.2. The molecule has 0 heterocycles. The van der Waals surface area contributed by atoms with Crippen molar-refractivity contribution in [1.29, 1.82) is 5.26 Å². The van der Waals surface area contributed by atoms with Crippen molar-refractivity contribution in [3.8, 4) is 6.07 Å². The first-order valence-electron chi connectivity index (χ1n) is 2.92. The predicted octanol–water partition coefficient (Wildman–Crippen LogP) is 0.898. The number of carboxylic acid groups (broad SMARTS) is 1. The zero-order chi connectivity index (χ0) is 8.15. The Hall–Kier alpha value is -1.24. The quantitative estimate of drug-likeness (QED) is 0.622. The first-order valence-corrected chi connectivity index (χ1v) is 2.92. The van der Waals surface area contributed by atoms with E-state index in [1.165, 1.54) is 7.05 Å². The van der Waals surface area contributed by atoms with Gasteiger partial charge in [0.05, 0.1) is 12.5 Å². The summed E-state index contributed by atoms with van der Waals surface area (Å²) >= 11 is 0. The first-order chi connectivity index (χ1) is 4.59. The average molecular weight is 142 g/mol. The number of hydrogen-bond acceptors (Lipinski definition) is 2. The van der Waals surface area contributed by atoms with Crippen molar-refractivity contribution in [2.24, 2.45) is 0 Å². The molecule has 0 aromatic rings. The molecule has 56 valence electrons. The number of amides is 1. The van der Waals surface area contributed by atoms with Crippen LogP contribution in [0.25, 0.3) is 0 Å². The first kappa shape index (κ1) is 8.76. The van der Waals surface area contributed by atoms with Gasteiger partial charge in [0.2, 0.25) is 0 Å². The van der Waals surface area contributed by atoms with Gasteiger partial charge in [-0.2, -0.15) is 5.26 Å². The summed E-state index contributed by atoms with van der Waals surface area (Å²) in [6.45, 7) is 1.69. The van der Waals surface area contributed by atoms with Crippen LogP contribution in [0.1, 0.15) is 13.3 Å².